The van der Waals surface area contributed by atoms with E-state index in [1.165, 1.54) is 48.7 Å². The zero-order chi connectivity index (χ0) is 26.0. The molecule has 4 rings (SSSR count). The van der Waals surface area contributed by atoms with Gasteiger partial charge in [0.1, 0.15) is 23.6 Å². The third kappa shape index (κ3) is 5.14. The van der Waals surface area contributed by atoms with Crippen LogP contribution in [0.1, 0.15) is 28.5 Å². The molecule has 0 aliphatic rings. The largest absolute Gasteiger partial charge is 0.494 e. The number of Topliss-reactive ketones (excluding diaryl/α,β-unsaturated/α-hetero) is 1. The third-order valence-electron chi connectivity index (χ3n) is 5.21. The van der Waals surface area contributed by atoms with Gasteiger partial charge in [0.2, 0.25) is 0 Å². The van der Waals surface area contributed by atoms with E-state index < -0.39 is 29.1 Å². The van der Waals surface area contributed by atoms with E-state index in [4.69, 9.17) is 27.9 Å². The highest BCUT2D eigenvalue weighted by atomic mass is 35.5. The van der Waals surface area contributed by atoms with Gasteiger partial charge in [-0.2, -0.15) is 13.2 Å². The Labute approximate surface area is 212 Å². The summed E-state index contributed by atoms with van der Waals surface area (Å²) in [6, 6.07) is 9.89. The summed E-state index contributed by atoms with van der Waals surface area (Å²) in [5.41, 5.74) is -1.70. The average Bonchev–Trinajstić information content (AvgIpc) is 3.15. The van der Waals surface area contributed by atoms with Crippen LogP contribution in [0.2, 0.25) is 10.0 Å². The summed E-state index contributed by atoms with van der Waals surface area (Å²) >= 11 is 12.2. The van der Waals surface area contributed by atoms with Crippen molar-refractivity contribution in [2.75, 3.05) is 11.9 Å². The number of ether oxygens (including phenoxy) is 1. The summed E-state index contributed by atoms with van der Waals surface area (Å²) in [5, 5.41) is 2.58. The first-order valence-corrected chi connectivity index (χ1v) is 11.3. The highest BCUT2D eigenvalue weighted by Gasteiger charge is 2.42. The van der Waals surface area contributed by atoms with Crippen LogP contribution in [0.4, 0.5) is 19.0 Å². The van der Waals surface area contributed by atoms with Crippen molar-refractivity contribution in [3.05, 3.63) is 81.9 Å². The minimum atomic E-state index is -5.00. The van der Waals surface area contributed by atoms with E-state index in [2.05, 4.69) is 15.3 Å². The molecular formula is C24H17Cl2F3N4O3. The summed E-state index contributed by atoms with van der Waals surface area (Å²) < 4.78 is 49.9. The smallest absolute Gasteiger partial charge is 0.432 e. The molecule has 12 heteroatoms. The van der Waals surface area contributed by atoms with Gasteiger partial charge in [0.25, 0.3) is 11.7 Å². The molecule has 0 radical (unpaired) electrons. The molecule has 0 fully saturated rings. The Kier molecular flexibility index (Phi) is 7.18. The second-order valence-corrected chi connectivity index (χ2v) is 8.38. The fraction of sp³-hybridized carbons (Fsp3) is 0.167. The number of anilines is 1. The Morgan fingerprint density at radius 2 is 1.89 bits per heavy atom. The van der Waals surface area contributed by atoms with Crippen molar-refractivity contribution in [2.24, 2.45) is 0 Å². The topological polar surface area (TPSA) is 86.1 Å². The SMILES string of the molecule is CCOc1ccc2c(c1)c(C(=O)C(=O)Nc1ccncn1)c(C(F)(F)F)n2Cc1ccc(Cl)cc1Cl. The van der Waals surface area contributed by atoms with Crippen molar-refractivity contribution < 1.29 is 27.5 Å². The maximum absolute atomic E-state index is 14.5. The summed E-state index contributed by atoms with van der Waals surface area (Å²) in [4.78, 5) is 33.4. The fourth-order valence-electron chi connectivity index (χ4n) is 3.75. The monoisotopic (exact) mass is 536 g/mol. The second-order valence-electron chi connectivity index (χ2n) is 7.53. The Morgan fingerprint density at radius 3 is 2.53 bits per heavy atom. The Balaban J connectivity index is 1.93. The summed E-state index contributed by atoms with van der Waals surface area (Å²) in [6.45, 7) is 1.62. The van der Waals surface area contributed by atoms with Gasteiger partial charge in [-0.1, -0.05) is 29.3 Å². The number of nitrogens with one attached hydrogen (secondary N) is 1. The van der Waals surface area contributed by atoms with E-state index in [-0.39, 0.29) is 40.6 Å². The highest BCUT2D eigenvalue weighted by molar-refractivity contribution is 6.48. The van der Waals surface area contributed by atoms with Gasteiger partial charge in [-0.3, -0.25) is 9.59 Å². The van der Waals surface area contributed by atoms with Gasteiger partial charge in [-0.15, -0.1) is 0 Å². The van der Waals surface area contributed by atoms with E-state index in [0.29, 0.717) is 10.6 Å². The lowest BCUT2D eigenvalue weighted by Crippen LogP contribution is -2.26. The van der Waals surface area contributed by atoms with Crippen LogP contribution in [-0.4, -0.2) is 32.8 Å². The lowest BCUT2D eigenvalue weighted by molar-refractivity contribution is -0.143. The second kappa shape index (κ2) is 10.2. The molecule has 0 unspecified atom stereocenters. The predicted octanol–water partition coefficient (Wildman–Crippen LogP) is 6.03. The van der Waals surface area contributed by atoms with Gasteiger partial charge in [0.15, 0.2) is 0 Å². The van der Waals surface area contributed by atoms with Gasteiger partial charge in [0, 0.05) is 33.7 Å². The zero-order valence-corrected chi connectivity index (χ0v) is 20.1. The molecule has 2 aromatic heterocycles. The van der Waals surface area contributed by atoms with Gasteiger partial charge in [-0.25, -0.2) is 9.97 Å². The lowest BCUT2D eigenvalue weighted by Gasteiger charge is -2.15. The number of hydrogen-bond acceptors (Lipinski definition) is 5. The first-order chi connectivity index (χ1) is 17.1. The Hall–Kier alpha value is -3.63. The van der Waals surface area contributed by atoms with Crippen LogP contribution in [0.25, 0.3) is 10.9 Å². The van der Waals surface area contributed by atoms with E-state index >= 15 is 0 Å². The minimum Gasteiger partial charge on any atom is -0.494 e. The number of hydrogen-bond donors (Lipinski definition) is 1. The molecule has 186 valence electrons. The van der Waals surface area contributed by atoms with E-state index in [1.807, 2.05) is 0 Å². The highest BCUT2D eigenvalue weighted by Crippen LogP contribution is 2.40. The van der Waals surface area contributed by atoms with Crippen molar-refractivity contribution in [1.82, 2.24) is 14.5 Å². The molecule has 2 heterocycles. The van der Waals surface area contributed by atoms with Crippen LogP contribution >= 0.6 is 23.2 Å². The molecule has 0 aliphatic carbocycles. The Morgan fingerprint density at radius 1 is 1.11 bits per heavy atom. The van der Waals surface area contributed by atoms with E-state index in [1.54, 1.807) is 6.92 Å². The standard InChI is InChI=1S/C24H17Cl2F3N4O3/c1-2-36-15-5-6-18-16(10-15)20(21(34)23(35)32-19-7-8-30-12-31-19)22(24(27,28)29)33(18)11-13-3-4-14(25)9-17(13)26/h3-10,12H,2,11H2,1H3,(H,30,31,32,35). The molecule has 36 heavy (non-hydrogen) atoms. The van der Waals surface area contributed by atoms with Gasteiger partial charge < -0.3 is 14.6 Å². The van der Waals surface area contributed by atoms with Crippen LogP contribution in [0.5, 0.6) is 5.75 Å². The number of ketones is 1. The number of carbonyl (C=O) groups is 2. The average molecular weight is 537 g/mol. The maximum atomic E-state index is 14.5. The van der Waals surface area contributed by atoms with Crippen LogP contribution in [0.3, 0.4) is 0 Å². The fourth-order valence-corrected chi connectivity index (χ4v) is 4.22. The molecule has 0 spiro atoms. The van der Waals surface area contributed by atoms with Crippen LogP contribution < -0.4 is 10.1 Å². The molecule has 0 atom stereocenters. The number of aromatic nitrogens is 3. The van der Waals surface area contributed by atoms with Crippen molar-refractivity contribution in [3.8, 4) is 5.75 Å². The quantitative estimate of drug-likeness (QED) is 0.230. The van der Waals surface area contributed by atoms with Crippen molar-refractivity contribution >= 4 is 51.6 Å². The lowest BCUT2D eigenvalue weighted by atomic mass is 10.0. The minimum absolute atomic E-state index is 0.0383. The van der Waals surface area contributed by atoms with E-state index in [0.717, 1.165) is 10.9 Å². The van der Waals surface area contributed by atoms with Crippen LogP contribution in [0.15, 0.2) is 55.0 Å². The first-order valence-electron chi connectivity index (χ1n) is 10.5. The number of benzene rings is 2. The number of halogens is 5. The summed E-state index contributed by atoms with van der Waals surface area (Å²) in [7, 11) is 0. The number of alkyl halides is 3. The molecule has 0 saturated heterocycles. The number of amides is 1. The molecule has 1 N–H and O–H groups in total. The molecule has 4 aromatic rings. The molecule has 0 saturated carbocycles. The predicted molar refractivity (Wildman–Crippen MR) is 129 cm³/mol. The maximum Gasteiger partial charge on any atom is 0.432 e. The molecule has 1 amide bonds. The molecule has 0 aliphatic heterocycles. The normalized spacial score (nSPS) is 11.5. The van der Waals surface area contributed by atoms with E-state index in [9.17, 15) is 22.8 Å². The van der Waals surface area contributed by atoms with Crippen molar-refractivity contribution in [1.29, 1.82) is 0 Å². The number of carbonyl (C=O) groups excluding carboxylic acids is 2. The van der Waals surface area contributed by atoms with Crippen LogP contribution in [0, 0.1) is 0 Å². The third-order valence-corrected chi connectivity index (χ3v) is 5.80. The van der Waals surface area contributed by atoms with Crippen LogP contribution in [-0.2, 0) is 17.5 Å². The first kappa shape index (κ1) is 25.5. The van der Waals surface area contributed by atoms with Crippen molar-refractivity contribution in [3.63, 3.8) is 0 Å². The number of fused-ring (bicyclic) bond motifs is 1. The van der Waals surface area contributed by atoms with Gasteiger partial charge in [0.05, 0.1) is 12.2 Å². The van der Waals surface area contributed by atoms with Gasteiger partial charge >= 0.3 is 6.18 Å². The van der Waals surface area contributed by atoms with Gasteiger partial charge in [-0.05, 0) is 48.9 Å². The summed E-state index contributed by atoms with van der Waals surface area (Å²) in [5.74, 6) is -2.47. The number of nitrogens with zero attached hydrogens (tertiary/aromatic N) is 3. The summed E-state index contributed by atoms with van der Waals surface area (Å²) in [6.07, 6.45) is -2.56. The molecule has 7 nitrogen and oxygen atoms in total. The zero-order valence-electron chi connectivity index (χ0n) is 18.6. The molecule has 2 aromatic carbocycles. The Bertz CT molecular complexity index is 1460. The molecular weight excluding hydrogens is 520 g/mol. The number of rotatable bonds is 7. The van der Waals surface area contributed by atoms with Crippen molar-refractivity contribution in [2.45, 2.75) is 19.6 Å². The molecule has 0 bridgehead atoms.